The number of hydrogen-bond acceptors (Lipinski definition) is 3. The minimum atomic E-state index is -0.984. The quantitative estimate of drug-likeness (QED) is 0.749. The van der Waals surface area contributed by atoms with Crippen molar-refractivity contribution in [1.29, 1.82) is 0 Å². The van der Waals surface area contributed by atoms with Crippen LogP contribution in [0.5, 0.6) is 0 Å². The van der Waals surface area contributed by atoms with Crippen LogP contribution in [0, 0.1) is 11.6 Å². The lowest BCUT2D eigenvalue weighted by Crippen LogP contribution is -2.46. The van der Waals surface area contributed by atoms with E-state index < -0.39 is 11.6 Å². The smallest absolute Gasteiger partial charge is 0.164 e. The van der Waals surface area contributed by atoms with Gasteiger partial charge < -0.3 is 4.90 Å². The number of carbonyl (C=O) groups excluding carboxylic acids is 1. The fourth-order valence-corrected chi connectivity index (χ4v) is 3.08. The number of piperazine rings is 1. The molecule has 0 amide bonds. The van der Waals surface area contributed by atoms with Crippen LogP contribution >= 0.6 is 11.6 Å². The molecule has 0 aliphatic carbocycles. The van der Waals surface area contributed by atoms with Gasteiger partial charge in [-0.25, -0.2) is 8.78 Å². The fraction of sp³-hybridized carbons (Fsp3) is 0.316. The molecule has 1 heterocycles. The summed E-state index contributed by atoms with van der Waals surface area (Å²) in [7, 11) is 0. The van der Waals surface area contributed by atoms with E-state index in [0.717, 1.165) is 49.0 Å². The minimum absolute atomic E-state index is 0.168. The molecule has 25 heavy (non-hydrogen) atoms. The zero-order chi connectivity index (χ0) is 17.8. The Bertz CT molecular complexity index is 744. The van der Waals surface area contributed by atoms with Crippen LogP contribution in [0.2, 0.25) is 5.02 Å². The Kier molecular flexibility index (Phi) is 5.66. The maximum Gasteiger partial charge on any atom is 0.164 e. The monoisotopic (exact) mass is 364 g/mol. The van der Waals surface area contributed by atoms with Gasteiger partial charge in [0.05, 0.1) is 0 Å². The second-order valence-electron chi connectivity index (χ2n) is 6.11. The third-order valence-electron chi connectivity index (χ3n) is 4.46. The summed E-state index contributed by atoms with van der Waals surface area (Å²) in [5, 5.41) is 0.720. The second kappa shape index (κ2) is 7.93. The van der Waals surface area contributed by atoms with Crippen molar-refractivity contribution < 1.29 is 13.6 Å². The van der Waals surface area contributed by atoms with E-state index in [1.54, 1.807) is 0 Å². The number of carbonyl (C=O) groups is 1. The Labute approximate surface area is 150 Å². The SMILES string of the molecule is O=C(CCN1CCN(c2ccc(Cl)cc2)CC1)c1ccc(F)c(F)c1. The summed E-state index contributed by atoms with van der Waals surface area (Å²) >= 11 is 5.91. The van der Waals surface area contributed by atoms with E-state index in [2.05, 4.69) is 9.80 Å². The molecular weight excluding hydrogens is 346 g/mol. The van der Waals surface area contributed by atoms with Gasteiger partial charge in [0.1, 0.15) is 0 Å². The van der Waals surface area contributed by atoms with E-state index in [9.17, 15) is 13.6 Å². The normalized spacial score (nSPS) is 15.4. The van der Waals surface area contributed by atoms with Crippen LogP contribution in [0.25, 0.3) is 0 Å². The van der Waals surface area contributed by atoms with E-state index in [0.29, 0.717) is 13.0 Å². The topological polar surface area (TPSA) is 23.6 Å². The summed E-state index contributed by atoms with van der Waals surface area (Å²) in [6.07, 6.45) is 0.298. The Balaban J connectivity index is 1.48. The lowest BCUT2D eigenvalue weighted by molar-refractivity contribution is 0.0962. The van der Waals surface area contributed by atoms with Gasteiger partial charge in [0.15, 0.2) is 17.4 Å². The lowest BCUT2D eigenvalue weighted by atomic mass is 10.1. The van der Waals surface area contributed by atoms with Crippen molar-refractivity contribution in [3.05, 3.63) is 64.7 Å². The Morgan fingerprint density at radius 2 is 1.64 bits per heavy atom. The molecule has 0 atom stereocenters. The number of hydrogen-bond donors (Lipinski definition) is 0. The molecule has 132 valence electrons. The standard InChI is InChI=1S/C19H19ClF2N2O/c20-15-2-4-16(5-3-15)24-11-9-23(10-12-24)8-7-19(25)14-1-6-17(21)18(22)13-14/h1-6,13H,7-12H2. The number of halogens is 3. The average molecular weight is 365 g/mol. The van der Waals surface area contributed by atoms with Gasteiger partial charge in [-0.15, -0.1) is 0 Å². The van der Waals surface area contributed by atoms with Gasteiger partial charge in [-0.1, -0.05) is 11.6 Å². The van der Waals surface area contributed by atoms with Gasteiger partial charge >= 0.3 is 0 Å². The number of ketones is 1. The van der Waals surface area contributed by atoms with Crippen molar-refractivity contribution in [2.75, 3.05) is 37.6 Å². The fourth-order valence-electron chi connectivity index (χ4n) is 2.96. The van der Waals surface area contributed by atoms with E-state index >= 15 is 0 Å². The Morgan fingerprint density at radius 1 is 0.960 bits per heavy atom. The van der Waals surface area contributed by atoms with Gasteiger partial charge in [0.2, 0.25) is 0 Å². The predicted molar refractivity (Wildman–Crippen MR) is 95.4 cm³/mol. The first-order valence-electron chi connectivity index (χ1n) is 8.24. The van der Waals surface area contributed by atoms with Crippen LogP contribution in [0.3, 0.4) is 0 Å². The highest BCUT2D eigenvalue weighted by atomic mass is 35.5. The van der Waals surface area contributed by atoms with Crippen LogP contribution in [0.4, 0.5) is 14.5 Å². The van der Waals surface area contributed by atoms with Crippen LogP contribution in [-0.4, -0.2) is 43.4 Å². The first-order chi connectivity index (χ1) is 12.0. The third-order valence-corrected chi connectivity index (χ3v) is 4.71. The number of nitrogens with zero attached hydrogens (tertiary/aromatic N) is 2. The number of anilines is 1. The molecule has 0 radical (unpaired) electrons. The largest absolute Gasteiger partial charge is 0.369 e. The zero-order valence-electron chi connectivity index (χ0n) is 13.7. The molecule has 0 N–H and O–H groups in total. The van der Waals surface area contributed by atoms with Crippen LogP contribution in [0.1, 0.15) is 16.8 Å². The van der Waals surface area contributed by atoms with Gasteiger partial charge in [-0.05, 0) is 42.5 Å². The molecule has 0 aromatic heterocycles. The highest BCUT2D eigenvalue weighted by Gasteiger charge is 2.18. The van der Waals surface area contributed by atoms with Crippen molar-refractivity contribution in [1.82, 2.24) is 4.90 Å². The van der Waals surface area contributed by atoms with Crippen molar-refractivity contribution in [2.45, 2.75) is 6.42 Å². The summed E-state index contributed by atoms with van der Waals surface area (Å²) in [6.45, 7) is 4.08. The summed E-state index contributed by atoms with van der Waals surface area (Å²) in [5.74, 6) is -2.09. The van der Waals surface area contributed by atoms with Crippen molar-refractivity contribution >= 4 is 23.1 Å². The molecule has 2 aromatic carbocycles. The van der Waals surface area contributed by atoms with Crippen molar-refractivity contribution in [3.63, 3.8) is 0 Å². The average Bonchev–Trinajstić information content (AvgIpc) is 2.63. The Morgan fingerprint density at radius 3 is 2.28 bits per heavy atom. The Hall–Kier alpha value is -1.98. The molecule has 0 spiro atoms. The lowest BCUT2D eigenvalue weighted by Gasteiger charge is -2.36. The molecular formula is C19H19ClF2N2O. The van der Waals surface area contributed by atoms with Crippen LogP contribution in [0.15, 0.2) is 42.5 Å². The third kappa shape index (κ3) is 4.55. The number of benzene rings is 2. The first-order valence-corrected chi connectivity index (χ1v) is 8.62. The number of rotatable bonds is 5. The molecule has 1 aliphatic rings. The minimum Gasteiger partial charge on any atom is -0.369 e. The molecule has 2 aromatic rings. The maximum atomic E-state index is 13.2. The van der Waals surface area contributed by atoms with E-state index in [-0.39, 0.29) is 11.3 Å². The first kappa shape index (κ1) is 17.8. The summed E-state index contributed by atoms with van der Waals surface area (Å²) in [4.78, 5) is 16.6. The molecule has 0 saturated carbocycles. The highest BCUT2D eigenvalue weighted by molar-refractivity contribution is 6.30. The molecule has 0 unspecified atom stereocenters. The van der Waals surface area contributed by atoms with Gasteiger partial charge in [-0.3, -0.25) is 9.69 Å². The summed E-state index contributed by atoms with van der Waals surface area (Å²) < 4.78 is 26.1. The van der Waals surface area contributed by atoms with E-state index in [1.165, 1.54) is 6.07 Å². The molecule has 6 heteroatoms. The number of Topliss-reactive ketones (excluding diaryl/α,β-unsaturated/α-hetero) is 1. The van der Waals surface area contributed by atoms with E-state index in [1.807, 2.05) is 24.3 Å². The maximum absolute atomic E-state index is 13.2. The van der Waals surface area contributed by atoms with Gasteiger partial charge in [0.25, 0.3) is 0 Å². The van der Waals surface area contributed by atoms with E-state index in [4.69, 9.17) is 11.6 Å². The molecule has 3 nitrogen and oxygen atoms in total. The van der Waals surface area contributed by atoms with Crippen LogP contribution in [-0.2, 0) is 0 Å². The molecule has 0 bridgehead atoms. The predicted octanol–water partition coefficient (Wildman–Crippen LogP) is 4.01. The van der Waals surface area contributed by atoms with Crippen LogP contribution < -0.4 is 4.90 Å². The molecule has 1 aliphatic heterocycles. The highest BCUT2D eigenvalue weighted by Crippen LogP contribution is 2.19. The molecule has 3 rings (SSSR count). The van der Waals surface area contributed by atoms with Crippen molar-refractivity contribution in [3.8, 4) is 0 Å². The van der Waals surface area contributed by atoms with Gasteiger partial charge in [0, 0.05) is 55.4 Å². The molecule has 1 fully saturated rings. The zero-order valence-corrected chi connectivity index (χ0v) is 14.5. The molecule has 1 saturated heterocycles. The van der Waals surface area contributed by atoms with Gasteiger partial charge in [-0.2, -0.15) is 0 Å². The summed E-state index contributed by atoms with van der Waals surface area (Å²) in [5.41, 5.74) is 1.36. The second-order valence-corrected chi connectivity index (χ2v) is 6.54. The summed E-state index contributed by atoms with van der Waals surface area (Å²) in [6, 6.07) is 11.1. The van der Waals surface area contributed by atoms with Crippen molar-refractivity contribution in [2.24, 2.45) is 0 Å².